The summed E-state index contributed by atoms with van der Waals surface area (Å²) >= 11 is 0. The smallest absolute Gasteiger partial charge is 0.223 e. The van der Waals surface area contributed by atoms with Crippen molar-refractivity contribution in [1.29, 1.82) is 0 Å². The van der Waals surface area contributed by atoms with Gasteiger partial charge in [0.1, 0.15) is 11.5 Å². The van der Waals surface area contributed by atoms with Crippen LogP contribution in [0.3, 0.4) is 0 Å². The van der Waals surface area contributed by atoms with Crippen molar-refractivity contribution in [2.24, 2.45) is 5.92 Å². The van der Waals surface area contributed by atoms with Crippen LogP contribution in [-0.2, 0) is 11.2 Å². The molecule has 0 fully saturated rings. The third-order valence-corrected chi connectivity index (χ3v) is 3.44. The van der Waals surface area contributed by atoms with Crippen LogP contribution in [0.1, 0.15) is 22.3 Å². The van der Waals surface area contributed by atoms with Gasteiger partial charge < -0.3 is 14.8 Å². The second kappa shape index (κ2) is 5.30. The maximum absolute atomic E-state index is 12.2. The summed E-state index contributed by atoms with van der Waals surface area (Å²) < 4.78 is 10.5. The summed E-state index contributed by atoms with van der Waals surface area (Å²) in [6, 6.07) is 3.44. The van der Waals surface area contributed by atoms with Crippen LogP contribution < -0.4 is 14.8 Å². The Morgan fingerprint density at radius 1 is 1.26 bits per heavy atom. The van der Waals surface area contributed by atoms with Crippen molar-refractivity contribution in [3.8, 4) is 11.5 Å². The lowest BCUT2D eigenvalue weighted by atomic mass is 9.82. The third kappa shape index (κ3) is 2.41. The second-order valence-electron chi connectivity index (χ2n) is 4.50. The van der Waals surface area contributed by atoms with Crippen molar-refractivity contribution in [2.75, 3.05) is 21.3 Å². The first kappa shape index (κ1) is 13.4. The van der Waals surface area contributed by atoms with Gasteiger partial charge in [0.2, 0.25) is 5.91 Å². The van der Waals surface area contributed by atoms with E-state index in [1.165, 1.54) is 0 Å². The molecule has 0 radical (unpaired) electrons. The summed E-state index contributed by atoms with van der Waals surface area (Å²) in [6.07, 6.45) is 0.733. The quantitative estimate of drug-likeness (QED) is 0.889. The molecule has 0 saturated heterocycles. The minimum atomic E-state index is -0.327. The van der Waals surface area contributed by atoms with Gasteiger partial charge in [0.15, 0.2) is 5.78 Å². The maximum Gasteiger partial charge on any atom is 0.223 e. The zero-order chi connectivity index (χ0) is 14.0. The standard InChI is InChI=1S/C14H17NO4/c1-15-14(17)8-4-11-10(12(16)5-8)6-9(18-2)7-13(11)19-3/h6-8H,4-5H2,1-3H3,(H,15,17). The highest BCUT2D eigenvalue weighted by Gasteiger charge is 2.32. The van der Waals surface area contributed by atoms with Crippen LogP contribution in [0, 0.1) is 5.92 Å². The monoisotopic (exact) mass is 263 g/mol. The number of hydrogen-bond acceptors (Lipinski definition) is 4. The van der Waals surface area contributed by atoms with Gasteiger partial charge in [0.25, 0.3) is 0 Å². The van der Waals surface area contributed by atoms with Gasteiger partial charge in [-0.25, -0.2) is 0 Å². The number of ether oxygens (including phenoxy) is 2. The van der Waals surface area contributed by atoms with Crippen molar-refractivity contribution in [1.82, 2.24) is 5.32 Å². The van der Waals surface area contributed by atoms with Crippen LogP contribution in [0.4, 0.5) is 0 Å². The summed E-state index contributed by atoms with van der Waals surface area (Å²) in [5, 5.41) is 2.59. The fourth-order valence-corrected chi connectivity index (χ4v) is 2.42. The lowest BCUT2D eigenvalue weighted by Gasteiger charge is -2.24. The van der Waals surface area contributed by atoms with E-state index in [0.29, 0.717) is 23.5 Å². The Labute approximate surface area is 111 Å². The van der Waals surface area contributed by atoms with Crippen molar-refractivity contribution in [2.45, 2.75) is 12.8 Å². The number of rotatable bonds is 3. The van der Waals surface area contributed by atoms with E-state index in [2.05, 4.69) is 5.32 Å². The number of nitrogens with one attached hydrogen (secondary N) is 1. The normalized spacial score (nSPS) is 17.6. The fraction of sp³-hybridized carbons (Fsp3) is 0.429. The third-order valence-electron chi connectivity index (χ3n) is 3.44. The molecule has 0 spiro atoms. The van der Waals surface area contributed by atoms with Gasteiger partial charge in [-0.05, 0) is 12.5 Å². The Morgan fingerprint density at radius 2 is 2.00 bits per heavy atom. The van der Waals surface area contributed by atoms with Gasteiger partial charge in [0.05, 0.1) is 14.2 Å². The number of carbonyl (C=O) groups excluding carboxylic acids is 2. The summed E-state index contributed by atoms with van der Waals surface area (Å²) in [7, 11) is 4.67. The van der Waals surface area contributed by atoms with E-state index >= 15 is 0 Å². The van der Waals surface area contributed by atoms with Gasteiger partial charge in [-0.1, -0.05) is 0 Å². The lowest BCUT2D eigenvalue weighted by molar-refractivity contribution is -0.124. The number of methoxy groups -OCH3 is 2. The Bertz CT molecular complexity index is 524. The maximum atomic E-state index is 12.2. The Morgan fingerprint density at radius 3 is 2.58 bits per heavy atom. The molecule has 0 heterocycles. The van der Waals surface area contributed by atoms with E-state index in [1.807, 2.05) is 0 Å². The van der Waals surface area contributed by atoms with Crippen LogP contribution >= 0.6 is 0 Å². The molecule has 1 N–H and O–H groups in total. The van der Waals surface area contributed by atoms with Crippen molar-refractivity contribution in [3.63, 3.8) is 0 Å². The first-order chi connectivity index (χ1) is 9.10. The first-order valence-electron chi connectivity index (χ1n) is 6.10. The SMILES string of the molecule is CNC(=O)C1CC(=O)c2cc(OC)cc(OC)c2C1. The van der Waals surface area contributed by atoms with Crippen molar-refractivity contribution < 1.29 is 19.1 Å². The molecule has 0 aromatic heterocycles. The van der Waals surface area contributed by atoms with E-state index in [0.717, 1.165) is 5.56 Å². The molecule has 1 atom stereocenters. The van der Waals surface area contributed by atoms with Crippen LogP contribution in [0.25, 0.3) is 0 Å². The van der Waals surface area contributed by atoms with E-state index in [9.17, 15) is 9.59 Å². The highest BCUT2D eigenvalue weighted by Crippen LogP contribution is 2.35. The average molecular weight is 263 g/mol. The van der Waals surface area contributed by atoms with Gasteiger partial charge in [-0.15, -0.1) is 0 Å². The Balaban J connectivity index is 2.46. The van der Waals surface area contributed by atoms with Crippen LogP contribution in [-0.4, -0.2) is 33.0 Å². The summed E-state index contributed by atoms with van der Waals surface area (Å²) in [4.78, 5) is 23.9. The molecular formula is C14H17NO4. The van der Waals surface area contributed by atoms with E-state index in [4.69, 9.17) is 9.47 Å². The van der Waals surface area contributed by atoms with Gasteiger partial charge in [-0.3, -0.25) is 9.59 Å². The summed E-state index contributed by atoms with van der Waals surface area (Å²) in [5.41, 5.74) is 1.38. The molecule has 102 valence electrons. The topological polar surface area (TPSA) is 64.6 Å². The number of amides is 1. The number of Topliss-reactive ketones (excluding diaryl/α,β-unsaturated/α-hetero) is 1. The molecule has 2 rings (SSSR count). The van der Waals surface area contributed by atoms with E-state index in [1.54, 1.807) is 33.4 Å². The molecule has 0 bridgehead atoms. The molecule has 1 aromatic rings. The zero-order valence-electron chi connectivity index (χ0n) is 11.3. The molecule has 5 nitrogen and oxygen atoms in total. The molecule has 1 aliphatic rings. The molecule has 1 aromatic carbocycles. The molecule has 0 saturated carbocycles. The molecule has 1 amide bonds. The van der Waals surface area contributed by atoms with Crippen LogP contribution in [0.5, 0.6) is 11.5 Å². The molecule has 1 aliphatic carbocycles. The van der Waals surface area contributed by atoms with Gasteiger partial charge in [-0.2, -0.15) is 0 Å². The summed E-state index contributed by atoms with van der Waals surface area (Å²) in [5.74, 6) is 0.690. The number of fused-ring (bicyclic) bond motifs is 1. The Hall–Kier alpha value is -2.04. The van der Waals surface area contributed by atoms with Crippen molar-refractivity contribution in [3.05, 3.63) is 23.3 Å². The fourth-order valence-electron chi connectivity index (χ4n) is 2.42. The molecular weight excluding hydrogens is 246 g/mol. The summed E-state index contributed by atoms with van der Waals surface area (Å²) in [6.45, 7) is 0. The minimum Gasteiger partial charge on any atom is -0.497 e. The predicted molar refractivity (Wildman–Crippen MR) is 69.8 cm³/mol. The minimum absolute atomic E-state index is 0.0490. The van der Waals surface area contributed by atoms with Gasteiger partial charge in [0, 0.05) is 36.6 Å². The number of benzene rings is 1. The molecule has 19 heavy (non-hydrogen) atoms. The number of ketones is 1. The van der Waals surface area contributed by atoms with E-state index in [-0.39, 0.29) is 24.0 Å². The average Bonchev–Trinajstić information content (AvgIpc) is 2.45. The lowest BCUT2D eigenvalue weighted by Crippen LogP contribution is -2.33. The molecule has 0 aliphatic heterocycles. The number of carbonyl (C=O) groups is 2. The molecule has 1 unspecified atom stereocenters. The number of hydrogen-bond donors (Lipinski definition) is 1. The predicted octanol–water partition coefficient (Wildman–Crippen LogP) is 1.19. The largest absolute Gasteiger partial charge is 0.497 e. The first-order valence-corrected chi connectivity index (χ1v) is 6.10. The second-order valence-corrected chi connectivity index (χ2v) is 4.50. The van der Waals surface area contributed by atoms with E-state index < -0.39 is 0 Å². The van der Waals surface area contributed by atoms with Gasteiger partial charge >= 0.3 is 0 Å². The van der Waals surface area contributed by atoms with Crippen LogP contribution in [0.2, 0.25) is 0 Å². The highest BCUT2D eigenvalue weighted by molar-refractivity contribution is 6.02. The van der Waals surface area contributed by atoms with Crippen LogP contribution in [0.15, 0.2) is 12.1 Å². The highest BCUT2D eigenvalue weighted by atomic mass is 16.5. The zero-order valence-corrected chi connectivity index (χ0v) is 11.3. The molecule has 5 heteroatoms. The Kier molecular flexibility index (Phi) is 3.74. The van der Waals surface area contributed by atoms with Crippen molar-refractivity contribution >= 4 is 11.7 Å².